The van der Waals surface area contributed by atoms with E-state index in [2.05, 4.69) is 0 Å². The molecular weight excluding hydrogens is 359 g/mol. The normalized spacial score (nSPS) is 14.1. The van der Waals surface area contributed by atoms with Crippen molar-refractivity contribution in [1.82, 2.24) is 4.90 Å². The molecule has 0 aromatic heterocycles. The lowest BCUT2D eigenvalue weighted by Crippen LogP contribution is -2.49. The van der Waals surface area contributed by atoms with Crippen LogP contribution in [0.3, 0.4) is 0 Å². The molecule has 0 atom stereocenters. The Morgan fingerprint density at radius 2 is 1.64 bits per heavy atom. The summed E-state index contributed by atoms with van der Waals surface area (Å²) in [6, 6.07) is 11.7. The van der Waals surface area contributed by atoms with Gasteiger partial charge in [0.25, 0.3) is 5.91 Å². The van der Waals surface area contributed by atoms with E-state index in [9.17, 15) is 14.0 Å². The van der Waals surface area contributed by atoms with Crippen molar-refractivity contribution in [2.45, 2.75) is 20.3 Å². The summed E-state index contributed by atoms with van der Waals surface area (Å²) in [5.41, 5.74) is 1.45. The van der Waals surface area contributed by atoms with Crippen molar-refractivity contribution in [2.24, 2.45) is 0 Å². The maximum absolute atomic E-state index is 14.4. The highest BCUT2D eigenvalue weighted by atomic mass is 19.1. The minimum absolute atomic E-state index is 0.0332. The summed E-state index contributed by atoms with van der Waals surface area (Å²) in [6.07, 6.45) is 0.934. The molecule has 0 radical (unpaired) electrons. The molecule has 0 N–H and O–H groups in total. The average Bonchev–Trinajstić information content (AvgIpc) is 2.72. The molecule has 3 rings (SSSR count). The van der Waals surface area contributed by atoms with E-state index in [-0.39, 0.29) is 11.7 Å². The number of Topliss-reactive ketones (excluding diaryl/α,β-unsaturated/α-hetero) is 1. The Morgan fingerprint density at radius 1 is 1.00 bits per heavy atom. The molecule has 1 fully saturated rings. The molecule has 2 aromatic carbocycles. The number of benzene rings is 2. The van der Waals surface area contributed by atoms with Gasteiger partial charge in [-0.1, -0.05) is 6.92 Å². The van der Waals surface area contributed by atoms with Gasteiger partial charge in [-0.25, -0.2) is 4.39 Å². The summed E-state index contributed by atoms with van der Waals surface area (Å²) >= 11 is 0. The monoisotopic (exact) mass is 384 g/mol. The van der Waals surface area contributed by atoms with Gasteiger partial charge in [-0.05, 0) is 55.8 Å². The molecule has 0 unspecified atom stereocenters. The number of piperazine rings is 1. The Bertz CT molecular complexity index is 843. The lowest BCUT2D eigenvalue weighted by Gasteiger charge is -2.36. The van der Waals surface area contributed by atoms with Gasteiger partial charge in [-0.15, -0.1) is 0 Å². The third-order valence-corrected chi connectivity index (χ3v) is 4.84. The van der Waals surface area contributed by atoms with Gasteiger partial charge in [0.05, 0.1) is 12.3 Å². The predicted molar refractivity (Wildman–Crippen MR) is 107 cm³/mol. The fourth-order valence-electron chi connectivity index (χ4n) is 3.23. The zero-order valence-corrected chi connectivity index (χ0v) is 16.3. The topological polar surface area (TPSA) is 49.9 Å². The van der Waals surface area contributed by atoms with E-state index in [1.165, 1.54) is 13.0 Å². The molecule has 1 heterocycles. The number of anilines is 1. The summed E-state index contributed by atoms with van der Waals surface area (Å²) < 4.78 is 19.9. The first-order valence-electron chi connectivity index (χ1n) is 9.57. The molecule has 6 heteroatoms. The first kappa shape index (κ1) is 19.9. The van der Waals surface area contributed by atoms with Gasteiger partial charge >= 0.3 is 0 Å². The van der Waals surface area contributed by atoms with Crippen LogP contribution in [-0.2, 0) is 0 Å². The third-order valence-electron chi connectivity index (χ3n) is 4.84. The number of halogens is 1. The van der Waals surface area contributed by atoms with Crippen LogP contribution in [-0.4, -0.2) is 49.4 Å². The quantitative estimate of drug-likeness (QED) is 0.712. The number of ketones is 1. The largest absolute Gasteiger partial charge is 0.494 e. The maximum atomic E-state index is 14.4. The molecule has 148 valence electrons. The van der Waals surface area contributed by atoms with Crippen LogP contribution in [0.4, 0.5) is 10.1 Å². The summed E-state index contributed by atoms with van der Waals surface area (Å²) in [4.78, 5) is 27.8. The van der Waals surface area contributed by atoms with Crippen molar-refractivity contribution in [3.63, 3.8) is 0 Å². The number of carbonyl (C=O) groups excluding carboxylic acids is 2. The minimum atomic E-state index is -0.407. The van der Waals surface area contributed by atoms with Crippen molar-refractivity contribution in [3.05, 3.63) is 59.4 Å². The zero-order valence-electron chi connectivity index (χ0n) is 16.3. The Morgan fingerprint density at radius 3 is 2.21 bits per heavy atom. The molecule has 1 aliphatic rings. The molecule has 28 heavy (non-hydrogen) atoms. The number of nitrogens with zero attached hydrogens (tertiary/aromatic N) is 2. The highest BCUT2D eigenvalue weighted by molar-refractivity contribution is 5.95. The first-order chi connectivity index (χ1) is 13.5. The Labute approximate surface area is 164 Å². The van der Waals surface area contributed by atoms with Gasteiger partial charge in [0.2, 0.25) is 0 Å². The molecule has 0 bridgehead atoms. The van der Waals surface area contributed by atoms with Gasteiger partial charge in [0.1, 0.15) is 11.6 Å². The smallest absolute Gasteiger partial charge is 0.253 e. The predicted octanol–water partition coefficient (Wildman–Crippen LogP) is 3.78. The van der Waals surface area contributed by atoms with Crippen LogP contribution in [0.2, 0.25) is 0 Å². The van der Waals surface area contributed by atoms with Crippen LogP contribution in [0, 0.1) is 5.82 Å². The summed E-state index contributed by atoms with van der Waals surface area (Å²) in [5.74, 6) is 0.156. The number of rotatable bonds is 6. The molecule has 1 aliphatic heterocycles. The average molecular weight is 384 g/mol. The first-order valence-corrected chi connectivity index (χ1v) is 9.57. The van der Waals surface area contributed by atoms with Crippen LogP contribution < -0.4 is 9.64 Å². The molecular formula is C22H25FN2O3. The summed E-state index contributed by atoms with van der Waals surface area (Å²) in [7, 11) is 0. The standard InChI is InChI=1S/C22H25FN2O3/c1-3-14-28-19-7-4-17(5-8-19)22(27)25-12-10-24(11-13-25)21-9-6-18(16(2)26)15-20(21)23/h4-9,15H,3,10-14H2,1-2H3. The van der Waals surface area contributed by atoms with E-state index in [4.69, 9.17) is 4.74 Å². The minimum Gasteiger partial charge on any atom is -0.494 e. The molecule has 0 spiro atoms. The van der Waals surface area contributed by atoms with Crippen LogP contribution in [0.1, 0.15) is 41.0 Å². The third kappa shape index (κ3) is 4.50. The second-order valence-electron chi connectivity index (χ2n) is 6.87. The van der Waals surface area contributed by atoms with Gasteiger partial charge in [0.15, 0.2) is 5.78 Å². The molecule has 0 saturated carbocycles. The SMILES string of the molecule is CCCOc1ccc(C(=O)N2CCN(c3ccc(C(C)=O)cc3F)CC2)cc1. The molecule has 1 saturated heterocycles. The fraction of sp³-hybridized carbons (Fsp3) is 0.364. The van der Waals surface area contributed by atoms with Crippen molar-refractivity contribution >= 4 is 17.4 Å². The molecule has 0 aliphatic carbocycles. The van der Waals surface area contributed by atoms with Crippen LogP contribution in [0.25, 0.3) is 0 Å². The number of hydrogen-bond donors (Lipinski definition) is 0. The molecule has 5 nitrogen and oxygen atoms in total. The van der Waals surface area contributed by atoms with E-state index in [0.717, 1.165) is 12.2 Å². The highest BCUT2D eigenvalue weighted by Gasteiger charge is 2.24. The van der Waals surface area contributed by atoms with E-state index in [1.807, 2.05) is 24.0 Å². The zero-order chi connectivity index (χ0) is 20.1. The Balaban J connectivity index is 1.60. The van der Waals surface area contributed by atoms with Gasteiger partial charge in [0, 0.05) is 37.3 Å². The van der Waals surface area contributed by atoms with E-state index in [0.29, 0.717) is 49.6 Å². The van der Waals surface area contributed by atoms with E-state index >= 15 is 0 Å². The van der Waals surface area contributed by atoms with Gasteiger partial charge < -0.3 is 14.5 Å². The Kier molecular flexibility index (Phi) is 6.29. The Hall–Kier alpha value is -2.89. The molecule has 1 amide bonds. The number of carbonyl (C=O) groups is 2. The highest BCUT2D eigenvalue weighted by Crippen LogP contribution is 2.23. The molecule has 2 aromatic rings. The number of ether oxygens (including phenoxy) is 1. The number of amides is 1. The van der Waals surface area contributed by atoms with Crippen molar-refractivity contribution in [3.8, 4) is 5.75 Å². The van der Waals surface area contributed by atoms with E-state index < -0.39 is 5.82 Å². The summed E-state index contributed by atoms with van der Waals surface area (Å²) in [6.45, 7) is 6.22. The van der Waals surface area contributed by atoms with Crippen molar-refractivity contribution < 1.29 is 18.7 Å². The van der Waals surface area contributed by atoms with Crippen molar-refractivity contribution in [1.29, 1.82) is 0 Å². The van der Waals surface area contributed by atoms with Gasteiger partial charge in [-0.2, -0.15) is 0 Å². The van der Waals surface area contributed by atoms with E-state index in [1.54, 1.807) is 29.2 Å². The van der Waals surface area contributed by atoms with Crippen LogP contribution in [0.15, 0.2) is 42.5 Å². The maximum Gasteiger partial charge on any atom is 0.253 e. The summed E-state index contributed by atoms with van der Waals surface area (Å²) in [5, 5.41) is 0. The van der Waals surface area contributed by atoms with Crippen molar-refractivity contribution in [2.75, 3.05) is 37.7 Å². The number of hydrogen-bond acceptors (Lipinski definition) is 4. The second kappa shape index (κ2) is 8.87. The van der Waals surface area contributed by atoms with Crippen LogP contribution in [0.5, 0.6) is 5.75 Å². The van der Waals surface area contributed by atoms with Crippen LogP contribution >= 0.6 is 0 Å². The second-order valence-corrected chi connectivity index (χ2v) is 6.87. The van der Waals surface area contributed by atoms with Gasteiger partial charge in [-0.3, -0.25) is 9.59 Å². The fourth-order valence-corrected chi connectivity index (χ4v) is 3.23. The lowest BCUT2D eigenvalue weighted by atomic mass is 10.1. The lowest BCUT2D eigenvalue weighted by molar-refractivity contribution is 0.0746.